The number of nitrogens with one attached hydrogen (secondary N) is 1. The zero-order valence-corrected chi connectivity index (χ0v) is 17.6. The van der Waals surface area contributed by atoms with E-state index in [1.165, 1.54) is 11.3 Å². The number of halogens is 1. The van der Waals surface area contributed by atoms with Crippen LogP contribution in [0.5, 0.6) is 11.5 Å². The summed E-state index contributed by atoms with van der Waals surface area (Å²) in [6.45, 7) is 4.44. The van der Waals surface area contributed by atoms with Gasteiger partial charge in [-0.1, -0.05) is 30.3 Å². The standard InChI is InChI=1S/C20H25N3O2.HI/c1-3-21-20(23-14-12-15-7-4-5-9-17(15)23)22-13-11-16-8-6-10-18(25-2)19(16)24;/h4-10,24H,3,11-14H2,1-2H3,(H,21,22);1H. The molecule has 0 saturated heterocycles. The molecule has 0 saturated carbocycles. The molecule has 2 aromatic rings. The first kappa shape index (κ1) is 20.4. The topological polar surface area (TPSA) is 57.1 Å². The predicted octanol–water partition coefficient (Wildman–Crippen LogP) is 3.59. The van der Waals surface area contributed by atoms with E-state index in [1.54, 1.807) is 13.2 Å². The number of methoxy groups -OCH3 is 1. The predicted molar refractivity (Wildman–Crippen MR) is 117 cm³/mol. The number of ether oxygens (including phenoxy) is 1. The Morgan fingerprint density at radius 1 is 1.23 bits per heavy atom. The zero-order valence-electron chi connectivity index (χ0n) is 15.2. The number of para-hydroxylation sites is 2. The third-order valence-electron chi connectivity index (χ3n) is 4.42. The fourth-order valence-electron chi connectivity index (χ4n) is 3.17. The molecular weight excluding hydrogens is 441 g/mol. The minimum atomic E-state index is 0. The van der Waals surface area contributed by atoms with Gasteiger partial charge in [0.1, 0.15) is 0 Å². The number of fused-ring (bicyclic) bond motifs is 1. The van der Waals surface area contributed by atoms with Crippen molar-refractivity contribution >= 4 is 35.6 Å². The molecule has 0 bridgehead atoms. The lowest BCUT2D eigenvalue weighted by molar-refractivity contribution is 0.370. The van der Waals surface area contributed by atoms with Gasteiger partial charge in [-0.3, -0.25) is 4.99 Å². The molecule has 1 aliphatic rings. The quantitative estimate of drug-likeness (QED) is 0.401. The van der Waals surface area contributed by atoms with Crippen molar-refractivity contribution in [3.63, 3.8) is 0 Å². The molecule has 0 spiro atoms. The highest BCUT2D eigenvalue weighted by molar-refractivity contribution is 14.0. The molecule has 0 amide bonds. The average molecular weight is 467 g/mol. The maximum atomic E-state index is 10.2. The number of guanidine groups is 1. The molecule has 0 fully saturated rings. The number of nitrogens with zero attached hydrogens (tertiary/aromatic N) is 2. The van der Waals surface area contributed by atoms with Gasteiger partial charge in [0.15, 0.2) is 17.5 Å². The number of hydrogen-bond acceptors (Lipinski definition) is 3. The van der Waals surface area contributed by atoms with Gasteiger partial charge in [0.05, 0.1) is 7.11 Å². The maximum absolute atomic E-state index is 10.2. The van der Waals surface area contributed by atoms with Crippen LogP contribution in [0.15, 0.2) is 47.5 Å². The summed E-state index contributed by atoms with van der Waals surface area (Å²) in [4.78, 5) is 7.01. The molecule has 0 radical (unpaired) electrons. The number of aromatic hydroxyl groups is 1. The lowest BCUT2D eigenvalue weighted by Crippen LogP contribution is -2.40. The molecule has 5 nitrogen and oxygen atoms in total. The molecule has 2 N–H and O–H groups in total. The molecule has 2 aromatic carbocycles. The molecule has 0 atom stereocenters. The normalized spacial score (nSPS) is 13.2. The van der Waals surface area contributed by atoms with E-state index >= 15 is 0 Å². The van der Waals surface area contributed by atoms with Gasteiger partial charge in [-0.25, -0.2) is 0 Å². The first-order valence-electron chi connectivity index (χ1n) is 8.73. The van der Waals surface area contributed by atoms with Crippen LogP contribution in [-0.4, -0.2) is 37.8 Å². The summed E-state index contributed by atoms with van der Waals surface area (Å²) in [5, 5.41) is 13.6. The molecule has 1 heterocycles. The average Bonchev–Trinajstić information content (AvgIpc) is 3.06. The fourth-order valence-corrected chi connectivity index (χ4v) is 3.17. The van der Waals surface area contributed by atoms with Crippen LogP contribution in [0.4, 0.5) is 5.69 Å². The van der Waals surface area contributed by atoms with Crippen molar-refractivity contribution in [1.82, 2.24) is 5.32 Å². The summed E-state index contributed by atoms with van der Waals surface area (Å²) < 4.78 is 5.17. The van der Waals surface area contributed by atoms with Gasteiger partial charge in [0.2, 0.25) is 0 Å². The van der Waals surface area contributed by atoms with Crippen molar-refractivity contribution in [1.29, 1.82) is 0 Å². The summed E-state index contributed by atoms with van der Waals surface area (Å²) in [6.07, 6.45) is 1.70. The molecule has 26 heavy (non-hydrogen) atoms. The van der Waals surface area contributed by atoms with Crippen LogP contribution in [0, 0.1) is 0 Å². The lowest BCUT2D eigenvalue weighted by Gasteiger charge is -2.22. The molecule has 0 aliphatic carbocycles. The second-order valence-corrected chi connectivity index (χ2v) is 5.98. The van der Waals surface area contributed by atoms with Gasteiger partial charge in [-0.05, 0) is 43.0 Å². The monoisotopic (exact) mass is 467 g/mol. The molecule has 0 aromatic heterocycles. The highest BCUT2D eigenvalue weighted by atomic mass is 127. The number of rotatable bonds is 5. The third kappa shape index (κ3) is 4.41. The van der Waals surface area contributed by atoms with Crippen LogP contribution in [0.2, 0.25) is 0 Å². The number of aliphatic imine (C=N–C) groups is 1. The van der Waals surface area contributed by atoms with Crippen LogP contribution < -0.4 is 15.0 Å². The Hall–Kier alpha value is -1.96. The molecule has 140 valence electrons. The van der Waals surface area contributed by atoms with Gasteiger partial charge in [-0.15, -0.1) is 24.0 Å². The summed E-state index contributed by atoms with van der Waals surface area (Å²) in [6, 6.07) is 14.0. The Bertz CT molecular complexity index is 764. The number of phenols is 1. The van der Waals surface area contributed by atoms with Gasteiger partial charge >= 0.3 is 0 Å². The van der Waals surface area contributed by atoms with Crippen LogP contribution >= 0.6 is 24.0 Å². The van der Waals surface area contributed by atoms with E-state index in [4.69, 9.17) is 9.73 Å². The fraction of sp³-hybridized carbons (Fsp3) is 0.350. The first-order chi connectivity index (χ1) is 12.2. The van der Waals surface area contributed by atoms with Crippen LogP contribution in [0.1, 0.15) is 18.1 Å². The minimum absolute atomic E-state index is 0. The smallest absolute Gasteiger partial charge is 0.198 e. The van der Waals surface area contributed by atoms with E-state index in [1.807, 2.05) is 12.1 Å². The van der Waals surface area contributed by atoms with E-state index in [2.05, 4.69) is 41.4 Å². The van der Waals surface area contributed by atoms with E-state index < -0.39 is 0 Å². The summed E-state index contributed by atoms with van der Waals surface area (Å²) in [5.41, 5.74) is 3.44. The van der Waals surface area contributed by atoms with Crippen LogP contribution in [0.3, 0.4) is 0 Å². The van der Waals surface area contributed by atoms with E-state index in [9.17, 15) is 5.11 Å². The zero-order chi connectivity index (χ0) is 17.6. The van der Waals surface area contributed by atoms with Gasteiger partial charge in [0, 0.05) is 25.3 Å². The molecular formula is C20H26IN3O2. The van der Waals surface area contributed by atoms with Crippen molar-refractivity contribution in [2.24, 2.45) is 4.99 Å². The van der Waals surface area contributed by atoms with Crippen molar-refractivity contribution in [2.75, 3.05) is 31.6 Å². The highest BCUT2D eigenvalue weighted by Crippen LogP contribution is 2.30. The van der Waals surface area contributed by atoms with E-state index in [0.29, 0.717) is 18.7 Å². The van der Waals surface area contributed by atoms with Crippen LogP contribution in [0.25, 0.3) is 0 Å². The van der Waals surface area contributed by atoms with Gasteiger partial charge < -0.3 is 20.1 Å². The summed E-state index contributed by atoms with van der Waals surface area (Å²) in [5.74, 6) is 1.61. The third-order valence-corrected chi connectivity index (χ3v) is 4.42. The largest absolute Gasteiger partial charge is 0.504 e. The second kappa shape index (κ2) is 9.66. The molecule has 1 aliphatic heterocycles. The molecule has 6 heteroatoms. The lowest BCUT2D eigenvalue weighted by atomic mass is 10.1. The second-order valence-electron chi connectivity index (χ2n) is 5.98. The SMILES string of the molecule is CCNC(=NCCc1cccc(OC)c1O)N1CCc2ccccc21.I. The number of hydrogen-bond donors (Lipinski definition) is 2. The Morgan fingerprint density at radius 3 is 2.81 bits per heavy atom. The van der Waals surface area contributed by atoms with Crippen molar-refractivity contribution in [2.45, 2.75) is 19.8 Å². The summed E-state index contributed by atoms with van der Waals surface area (Å²) in [7, 11) is 1.56. The van der Waals surface area contributed by atoms with Crippen molar-refractivity contribution in [3.05, 3.63) is 53.6 Å². The van der Waals surface area contributed by atoms with E-state index in [0.717, 1.165) is 31.0 Å². The van der Waals surface area contributed by atoms with Crippen molar-refractivity contribution in [3.8, 4) is 11.5 Å². The number of benzene rings is 2. The first-order valence-corrected chi connectivity index (χ1v) is 8.73. The molecule has 3 rings (SSSR count). The summed E-state index contributed by atoms with van der Waals surface area (Å²) >= 11 is 0. The van der Waals surface area contributed by atoms with E-state index in [-0.39, 0.29) is 29.7 Å². The highest BCUT2D eigenvalue weighted by Gasteiger charge is 2.22. The minimum Gasteiger partial charge on any atom is -0.504 e. The van der Waals surface area contributed by atoms with Crippen LogP contribution in [-0.2, 0) is 12.8 Å². The Kier molecular flexibility index (Phi) is 7.56. The Balaban J connectivity index is 0.00000243. The van der Waals surface area contributed by atoms with Crippen molar-refractivity contribution < 1.29 is 9.84 Å². The van der Waals surface area contributed by atoms with Gasteiger partial charge in [-0.2, -0.15) is 0 Å². The maximum Gasteiger partial charge on any atom is 0.198 e. The Morgan fingerprint density at radius 2 is 2.04 bits per heavy atom. The Labute approximate surface area is 172 Å². The number of anilines is 1. The van der Waals surface area contributed by atoms with Gasteiger partial charge in [0.25, 0.3) is 0 Å². The number of phenolic OH excluding ortho intramolecular Hbond substituents is 1. The molecule has 0 unspecified atom stereocenters.